The molecule has 0 heterocycles. The summed E-state index contributed by atoms with van der Waals surface area (Å²) in [6, 6.07) is 29.0. The van der Waals surface area contributed by atoms with Crippen LogP contribution in [0.2, 0.25) is 5.02 Å². The third-order valence-corrected chi connectivity index (χ3v) is 11.3. The van der Waals surface area contributed by atoms with Crippen molar-refractivity contribution in [3.05, 3.63) is 130 Å². The molecule has 51 heavy (non-hydrogen) atoms. The number of amides is 2. The molecule has 2 amide bonds. The normalized spacial score (nSPS) is 15.5. The maximum absolute atomic E-state index is 14.0. The van der Waals surface area contributed by atoms with Crippen molar-refractivity contribution in [1.29, 1.82) is 0 Å². The lowest BCUT2D eigenvalue weighted by molar-refractivity contribution is -0.117. The Labute approximate surface area is 307 Å². The summed E-state index contributed by atoms with van der Waals surface area (Å²) in [6.07, 6.45) is 6.07. The topological polar surface area (TPSA) is 102 Å². The first-order chi connectivity index (χ1) is 24.2. The zero-order valence-electron chi connectivity index (χ0n) is 30.0. The van der Waals surface area contributed by atoms with Gasteiger partial charge < -0.3 is 10.6 Å². The lowest BCUT2D eigenvalue weighted by Gasteiger charge is -2.33. The molecule has 5 rings (SSSR count). The Balaban J connectivity index is 1.34. The van der Waals surface area contributed by atoms with Crippen LogP contribution in [0.25, 0.3) is 16.7 Å². The van der Waals surface area contributed by atoms with E-state index in [0.717, 1.165) is 47.8 Å². The minimum Gasteiger partial charge on any atom is -0.351 e. The van der Waals surface area contributed by atoms with E-state index in [4.69, 9.17) is 11.6 Å². The van der Waals surface area contributed by atoms with Gasteiger partial charge in [0.15, 0.2) is 0 Å². The van der Waals surface area contributed by atoms with Gasteiger partial charge in [-0.25, -0.2) is 0 Å². The maximum atomic E-state index is 14.0. The molecule has 0 aliphatic heterocycles. The monoisotopic (exact) mass is 726 g/mol. The largest absolute Gasteiger partial charge is 0.351 e. The van der Waals surface area contributed by atoms with Gasteiger partial charge in [-0.2, -0.15) is 8.42 Å². The van der Waals surface area contributed by atoms with Crippen LogP contribution >= 0.6 is 11.6 Å². The fraction of sp³-hybridized carbons (Fsp3) is 0.333. The molecule has 0 saturated carbocycles. The van der Waals surface area contributed by atoms with E-state index in [-0.39, 0.29) is 29.5 Å². The van der Waals surface area contributed by atoms with E-state index in [1.165, 1.54) is 17.6 Å². The molecule has 0 bridgehead atoms. The summed E-state index contributed by atoms with van der Waals surface area (Å²) in [7, 11) is -2.58. The molecule has 4 aromatic rings. The fourth-order valence-electron chi connectivity index (χ4n) is 6.59. The van der Waals surface area contributed by atoms with Gasteiger partial charge in [-0.05, 0) is 119 Å². The molecule has 268 valence electrons. The highest BCUT2D eigenvalue weighted by molar-refractivity contribution is 7.86. The second-order valence-electron chi connectivity index (χ2n) is 14.4. The number of aryl methyl sites for hydroxylation is 1. The van der Waals surface area contributed by atoms with Gasteiger partial charge in [0.05, 0.1) is 18.8 Å². The summed E-state index contributed by atoms with van der Waals surface area (Å²) >= 11 is 6.16. The number of carbonyl (C=O) groups excluding carboxylic acids is 2. The van der Waals surface area contributed by atoms with Crippen molar-refractivity contribution in [2.75, 3.05) is 24.7 Å². The Bertz CT molecular complexity index is 1980. The van der Waals surface area contributed by atoms with E-state index in [1.807, 2.05) is 61.5 Å². The van der Waals surface area contributed by atoms with Crippen molar-refractivity contribution < 1.29 is 22.2 Å². The average Bonchev–Trinajstić information content (AvgIpc) is 3.11. The molecule has 4 aromatic carbocycles. The third kappa shape index (κ3) is 10.2. The van der Waals surface area contributed by atoms with Gasteiger partial charge in [0, 0.05) is 22.8 Å². The lowest BCUT2D eigenvalue weighted by Crippen LogP contribution is -2.29. The first-order valence-corrected chi connectivity index (χ1v) is 19.3. The Morgan fingerprint density at radius 1 is 0.922 bits per heavy atom. The number of hydrogen-bond acceptors (Lipinski definition) is 5. The molecule has 7 nitrogen and oxygen atoms in total. The Morgan fingerprint density at radius 3 is 2.18 bits per heavy atom. The third-order valence-electron chi connectivity index (χ3n) is 9.84. The van der Waals surface area contributed by atoms with Crippen LogP contribution in [0.3, 0.4) is 0 Å². The van der Waals surface area contributed by atoms with Gasteiger partial charge in [-0.15, -0.1) is 0 Å². The predicted molar refractivity (Wildman–Crippen MR) is 207 cm³/mol. The van der Waals surface area contributed by atoms with Gasteiger partial charge in [0.25, 0.3) is 16.0 Å². The zero-order valence-corrected chi connectivity index (χ0v) is 31.5. The molecule has 2 unspecified atom stereocenters. The summed E-state index contributed by atoms with van der Waals surface area (Å²) < 4.78 is 27.6. The van der Waals surface area contributed by atoms with E-state index in [1.54, 1.807) is 12.1 Å². The number of carbonyl (C=O) groups is 2. The predicted octanol–water partition coefficient (Wildman–Crippen LogP) is 9.22. The quantitative estimate of drug-likeness (QED) is 0.142. The first kappa shape index (κ1) is 38.0. The molecule has 2 atom stereocenters. The van der Waals surface area contributed by atoms with Gasteiger partial charge in [-0.1, -0.05) is 93.0 Å². The Kier molecular flexibility index (Phi) is 12.2. The van der Waals surface area contributed by atoms with Gasteiger partial charge in [0.2, 0.25) is 5.91 Å². The van der Waals surface area contributed by atoms with E-state index in [0.29, 0.717) is 28.6 Å². The van der Waals surface area contributed by atoms with E-state index in [2.05, 4.69) is 65.9 Å². The van der Waals surface area contributed by atoms with Gasteiger partial charge in [-0.3, -0.25) is 13.8 Å². The standard InChI is InChI=1S/C42H47ClN2O5S/c1-28-26-36(43)20-23-38(28)32-16-21-37(22-17-32)45-41(47)39(27-29-6-8-34(9-7-29)40(46)44-24-25-51(48,49)50-5)33-12-10-30(11-13-33)31-14-18-35(19-15-31)42(2,3)4/h6-14,16-17,20-23,26,35,39H,15,18-19,24-25,27H2,1-5H3,(H,44,46)(H,45,47). The van der Waals surface area contributed by atoms with Crippen LogP contribution in [0.4, 0.5) is 5.69 Å². The van der Waals surface area contributed by atoms with Crippen LogP contribution in [-0.4, -0.2) is 39.6 Å². The van der Waals surface area contributed by atoms with Crippen molar-refractivity contribution in [2.45, 2.75) is 59.3 Å². The molecule has 0 spiro atoms. The van der Waals surface area contributed by atoms with Crippen LogP contribution in [0, 0.1) is 18.3 Å². The highest BCUT2D eigenvalue weighted by atomic mass is 35.5. The highest BCUT2D eigenvalue weighted by Gasteiger charge is 2.27. The minimum atomic E-state index is -3.67. The van der Waals surface area contributed by atoms with Crippen LogP contribution < -0.4 is 10.6 Å². The van der Waals surface area contributed by atoms with Crippen LogP contribution in [0.5, 0.6) is 0 Å². The van der Waals surface area contributed by atoms with Crippen molar-refractivity contribution >= 4 is 44.8 Å². The smallest absolute Gasteiger partial charge is 0.268 e. The molecule has 9 heteroatoms. The molecule has 0 saturated heterocycles. The summed E-state index contributed by atoms with van der Waals surface area (Å²) in [5.41, 5.74) is 8.88. The molecular formula is C42H47ClN2O5S. The number of anilines is 1. The second-order valence-corrected chi connectivity index (χ2v) is 16.6. The lowest BCUT2D eigenvalue weighted by atomic mass is 9.72. The van der Waals surface area contributed by atoms with Crippen molar-refractivity contribution in [3.8, 4) is 11.1 Å². The SMILES string of the molecule is COS(=O)(=O)CCNC(=O)c1ccc(CC(C(=O)Nc2ccc(-c3ccc(Cl)cc3C)cc2)c2ccc(C3=CCC(C(C)(C)C)CC3)cc2)cc1. The van der Waals surface area contributed by atoms with Gasteiger partial charge in [0.1, 0.15) is 0 Å². The van der Waals surface area contributed by atoms with Crippen molar-refractivity contribution in [1.82, 2.24) is 5.32 Å². The molecule has 2 N–H and O–H groups in total. The molecular weight excluding hydrogens is 680 g/mol. The molecule has 0 aromatic heterocycles. The second kappa shape index (κ2) is 16.4. The van der Waals surface area contributed by atoms with E-state index < -0.39 is 16.0 Å². The average molecular weight is 727 g/mol. The summed E-state index contributed by atoms with van der Waals surface area (Å²) in [6.45, 7) is 8.89. The zero-order chi connectivity index (χ0) is 36.8. The minimum absolute atomic E-state index is 0.0661. The first-order valence-electron chi connectivity index (χ1n) is 17.3. The fourth-order valence-corrected chi connectivity index (χ4v) is 7.34. The number of allylic oxidation sites excluding steroid dienone is 2. The van der Waals surface area contributed by atoms with Crippen molar-refractivity contribution in [3.63, 3.8) is 0 Å². The van der Waals surface area contributed by atoms with Crippen LogP contribution in [-0.2, 0) is 25.5 Å². The van der Waals surface area contributed by atoms with Crippen molar-refractivity contribution in [2.24, 2.45) is 11.3 Å². The summed E-state index contributed by atoms with van der Waals surface area (Å²) in [4.78, 5) is 26.7. The number of benzene rings is 4. The Hall–Kier alpha value is -4.24. The number of halogens is 1. The number of hydrogen-bond donors (Lipinski definition) is 2. The number of nitrogens with one attached hydrogen (secondary N) is 2. The molecule has 0 fully saturated rings. The molecule has 0 radical (unpaired) electrons. The number of rotatable bonds is 12. The Morgan fingerprint density at radius 2 is 1.59 bits per heavy atom. The van der Waals surface area contributed by atoms with E-state index >= 15 is 0 Å². The molecule has 1 aliphatic carbocycles. The van der Waals surface area contributed by atoms with Crippen LogP contribution in [0.15, 0.2) is 97.1 Å². The van der Waals surface area contributed by atoms with E-state index in [9.17, 15) is 18.0 Å². The maximum Gasteiger partial charge on any atom is 0.268 e. The highest BCUT2D eigenvalue weighted by Crippen LogP contribution is 2.40. The van der Waals surface area contributed by atoms with Gasteiger partial charge >= 0.3 is 0 Å². The summed E-state index contributed by atoms with van der Waals surface area (Å²) in [5.74, 6) is -0.671. The molecule has 1 aliphatic rings. The summed E-state index contributed by atoms with van der Waals surface area (Å²) in [5, 5.41) is 6.44. The van der Waals surface area contributed by atoms with Crippen LogP contribution in [0.1, 0.15) is 78.6 Å².